The molecule has 132 valence electrons. The van der Waals surface area contributed by atoms with Gasteiger partial charge < -0.3 is 14.3 Å². The summed E-state index contributed by atoms with van der Waals surface area (Å²) in [5, 5.41) is 3.06. The van der Waals surface area contributed by atoms with Crippen molar-refractivity contribution in [3.8, 4) is 0 Å². The van der Waals surface area contributed by atoms with Crippen LogP contribution in [0.25, 0.3) is 16.7 Å². The van der Waals surface area contributed by atoms with Crippen molar-refractivity contribution in [2.75, 3.05) is 0 Å². The first-order chi connectivity index (χ1) is 12.5. The predicted octanol–water partition coefficient (Wildman–Crippen LogP) is 3.33. The van der Waals surface area contributed by atoms with Crippen LogP contribution in [-0.2, 0) is 7.05 Å². The fourth-order valence-electron chi connectivity index (χ4n) is 3.46. The van der Waals surface area contributed by atoms with Gasteiger partial charge in [0, 0.05) is 24.6 Å². The average Bonchev–Trinajstić information content (AvgIpc) is 3.17. The molecular weight excluding hydrogens is 326 g/mol. The molecule has 0 aliphatic rings. The largest absolute Gasteiger partial charge is 0.342 e. The van der Waals surface area contributed by atoms with Gasteiger partial charge in [-0.25, -0.2) is 9.97 Å². The molecular formula is C20H21N5O. The molecule has 0 aliphatic carbocycles. The number of rotatable bonds is 3. The summed E-state index contributed by atoms with van der Waals surface area (Å²) in [6.45, 7) is 5.89. The molecule has 6 heteroatoms. The number of nitrogens with one attached hydrogen (secondary N) is 1. The van der Waals surface area contributed by atoms with Crippen molar-refractivity contribution < 1.29 is 4.79 Å². The van der Waals surface area contributed by atoms with E-state index in [1.54, 1.807) is 0 Å². The number of carbonyl (C=O) groups excluding carboxylic acids is 1. The minimum atomic E-state index is -0.222. The number of hydrogen-bond donors (Lipinski definition) is 1. The van der Waals surface area contributed by atoms with Gasteiger partial charge in [0.15, 0.2) is 0 Å². The zero-order chi connectivity index (χ0) is 18.4. The van der Waals surface area contributed by atoms with Crippen LogP contribution in [-0.4, -0.2) is 24.8 Å². The highest BCUT2D eigenvalue weighted by Gasteiger charge is 2.20. The second-order valence-electron chi connectivity index (χ2n) is 6.67. The lowest BCUT2D eigenvalue weighted by Crippen LogP contribution is -2.28. The molecule has 3 heterocycles. The van der Waals surface area contributed by atoms with E-state index in [1.165, 1.54) is 0 Å². The highest BCUT2D eigenvalue weighted by Crippen LogP contribution is 2.20. The smallest absolute Gasteiger partial charge is 0.255 e. The summed E-state index contributed by atoms with van der Waals surface area (Å²) in [6, 6.07) is 11.5. The standard InChI is InChI=1S/C20H21N5O/c1-12-11-13(2)25-10-9-15(19(25)21-12)20(26)22-14(3)18-23-16-7-5-6-8-17(16)24(18)4/h5-11,14H,1-4H3,(H,22,26)/t14-/m0/s1. The number of imidazole rings is 1. The van der Waals surface area contributed by atoms with E-state index in [9.17, 15) is 4.79 Å². The van der Waals surface area contributed by atoms with Gasteiger partial charge in [-0.2, -0.15) is 0 Å². The Balaban J connectivity index is 1.66. The third-order valence-electron chi connectivity index (χ3n) is 4.74. The van der Waals surface area contributed by atoms with Crippen LogP contribution >= 0.6 is 0 Å². The summed E-state index contributed by atoms with van der Waals surface area (Å²) in [4.78, 5) is 22.0. The van der Waals surface area contributed by atoms with Crippen LogP contribution in [0.2, 0.25) is 0 Å². The van der Waals surface area contributed by atoms with Crippen LogP contribution in [0, 0.1) is 13.8 Å². The Bertz CT molecular complexity index is 1140. The summed E-state index contributed by atoms with van der Waals surface area (Å²) in [5.74, 6) is 0.674. The van der Waals surface area contributed by atoms with Gasteiger partial charge in [0.2, 0.25) is 0 Å². The van der Waals surface area contributed by atoms with Gasteiger partial charge in [-0.3, -0.25) is 4.79 Å². The molecule has 0 unspecified atom stereocenters. The molecule has 0 bridgehead atoms. The fraction of sp³-hybridized carbons (Fsp3) is 0.250. The highest BCUT2D eigenvalue weighted by molar-refractivity contribution is 6.00. The molecule has 0 spiro atoms. The Morgan fingerprint density at radius 1 is 1.15 bits per heavy atom. The summed E-state index contributed by atoms with van der Waals surface area (Å²) < 4.78 is 3.95. The van der Waals surface area contributed by atoms with Gasteiger partial charge in [0.25, 0.3) is 5.91 Å². The molecule has 0 saturated heterocycles. The monoisotopic (exact) mass is 347 g/mol. The topological polar surface area (TPSA) is 64.2 Å². The summed E-state index contributed by atoms with van der Waals surface area (Å²) in [5.41, 5.74) is 5.17. The van der Waals surface area contributed by atoms with Gasteiger partial charge in [-0.05, 0) is 45.0 Å². The molecule has 1 amide bonds. The van der Waals surface area contributed by atoms with Crippen LogP contribution < -0.4 is 5.32 Å². The average molecular weight is 347 g/mol. The van der Waals surface area contributed by atoms with E-state index in [4.69, 9.17) is 0 Å². The van der Waals surface area contributed by atoms with E-state index in [0.29, 0.717) is 11.2 Å². The maximum Gasteiger partial charge on any atom is 0.255 e. The number of aryl methyl sites for hydroxylation is 3. The maximum absolute atomic E-state index is 12.9. The Morgan fingerprint density at radius 2 is 1.92 bits per heavy atom. The highest BCUT2D eigenvalue weighted by atomic mass is 16.1. The zero-order valence-corrected chi connectivity index (χ0v) is 15.3. The van der Waals surface area contributed by atoms with Crippen molar-refractivity contribution in [1.82, 2.24) is 24.3 Å². The first-order valence-corrected chi connectivity index (χ1v) is 8.63. The minimum absolute atomic E-state index is 0.149. The van der Waals surface area contributed by atoms with Gasteiger partial charge in [0.05, 0.1) is 22.6 Å². The number of aromatic nitrogens is 4. The maximum atomic E-state index is 12.9. The quantitative estimate of drug-likeness (QED) is 0.618. The van der Waals surface area contributed by atoms with Crippen molar-refractivity contribution in [3.05, 3.63) is 65.4 Å². The van der Waals surface area contributed by atoms with Crippen molar-refractivity contribution >= 4 is 22.6 Å². The predicted molar refractivity (Wildman–Crippen MR) is 101 cm³/mol. The SMILES string of the molecule is Cc1cc(C)n2ccc(C(=O)N[C@@H](C)c3nc4ccccc4n3C)c2n1. The second kappa shape index (κ2) is 5.98. The van der Waals surface area contributed by atoms with Gasteiger partial charge >= 0.3 is 0 Å². The summed E-state index contributed by atoms with van der Waals surface area (Å²) in [6.07, 6.45) is 1.88. The molecule has 0 saturated carbocycles. The van der Waals surface area contributed by atoms with E-state index in [1.807, 2.05) is 79.4 Å². The van der Waals surface area contributed by atoms with Gasteiger partial charge in [0.1, 0.15) is 11.5 Å². The fourth-order valence-corrected chi connectivity index (χ4v) is 3.46. The third-order valence-corrected chi connectivity index (χ3v) is 4.74. The number of fused-ring (bicyclic) bond motifs is 2. The minimum Gasteiger partial charge on any atom is -0.342 e. The van der Waals surface area contributed by atoms with Crippen LogP contribution in [0.15, 0.2) is 42.6 Å². The zero-order valence-electron chi connectivity index (χ0n) is 15.3. The van der Waals surface area contributed by atoms with Crippen molar-refractivity contribution in [3.63, 3.8) is 0 Å². The Hall–Kier alpha value is -3.15. The van der Waals surface area contributed by atoms with Crippen LogP contribution in [0.1, 0.15) is 40.5 Å². The lowest BCUT2D eigenvalue weighted by molar-refractivity contribution is 0.0939. The third kappa shape index (κ3) is 2.54. The molecule has 0 aliphatic heterocycles. The van der Waals surface area contributed by atoms with E-state index in [2.05, 4.69) is 15.3 Å². The number of amides is 1. The Morgan fingerprint density at radius 3 is 2.69 bits per heavy atom. The van der Waals surface area contributed by atoms with Crippen LogP contribution in [0.3, 0.4) is 0 Å². The first-order valence-electron chi connectivity index (χ1n) is 8.63. The molecule has 1 aromatic carbocycles. The van der Waals surface area contributed by atoms with E-state index in [-0.39, 0.29) is 11.9 Å². The summed E-state index contributed by atoms with van der Waals surface area (Å²) in [7, 11) is 1.97. The molecule has 3 aromatic heterocycles. The van der Waals surface area contributed by atoms with Gasteiger partial charge in [-0.15, -0.1) is 0 Å². The molecule has 1 atom stereocenters. The van der Waals surface area contributed by atoms with Gasteiger partial charge in [-0.1, -0.05) is 12.1 Å². The number of nitrogens with zero attached hydrogens (tertiary/aromatic N) is 4. The van der Waals surface area contributed by atoms with E-state index < -0.39 is 0 Å². The lowest BCUT2D eigenvalue weighted by atomic mass is 10.2. The first kappa shape index (κ1) is 16.3. The molecule has 4 aromatic rings. The molecule has 0 radical (unpaired) electrons. The molecule has 4 rings (SSSR count). The van der Waals surface area contributed by atoms with Crippen LogP contribution in [0.5, 0.6) is 0 Å². The van der Waals surface area contributed by atoms with Crippen molar-refractivity contribution in [2.45, 2.75) is 26.8 Å². The van der Waals surface area contributed by atoms with E-state index in [0.717, 1.165) is 28.2 Å². The van der Waals surface area contributed by atoms with Crippen molar-refractivity contribution in [2.24, 2.45) is 7.05 Å². The lowest BCUT2D eigenvalue weighted by Gasteiger charge is -2.14. The molecule has 1 N–H and O–H groups in total. The number of carbonyl (C=O) groups is 1. The molecule has 0 fully saturated rings. The second-order valence-corrected chi connectivity index (χ2v) is 6.67. The van der Waals surface area contributed by atoms with Crippen LogP contribution in [0.4, 0.5) is 0 Å². The number of para-hydroxylation sites is 2. The summed E-state index contributed by atoms with van der Waals surface area (Å²) >= 11 is 0. The number of benzene rings is 1. The Labute approximate surface area is 151 Å². The van der Waals surface area contributed by atoms with Crippen molar-refractivity contribution in [1.29, 1.82) is 0 Å². The molecule has 26 heavy (non-hydrogen) atoms. The number of hydrogen-bond acceptors (Lipinski definition) is 3. The normalized spacial score (nSPS) is 12.6. The van der Waals surface area contributed by atoms with E-state index >= 15 is 0 Å². The Kier molecular flexibility index (Phi) is 3.76. The molecule has 6 nitrogen and oxygen atoms in total.